The van der Waals surface area contributed by atoms with E-state index in [1.165, 1.54) is 0 Å². The van der Waals surface area contributed by atoms with Crippen molar-refractivity contribution in [2.75, 3.05) is 19.8 Å². The number of hydrogen-bond acceptors (Lipinski definition) is 6. The van der Waals surface area contributed by atoms with Crippen LogP contribution in [0.15, 0.2) is 25.3 Å². The van der Waals surface area contributed by atoms with E-state index in [1.807, 2.05) is 40.7 Å². The summed E-state index contributed by atoms with van der Waals surface area (Å²) in [4.78, 5) is 45.9. The summed E-state index contributed by atoms with van der Waals surface area (Å²) >= 11 is 0. The molecule has 3 aliphatic heterocycles. The number of carbonyl (C=O) groups is 3. The first kappa shape index (κ1) is 31.3. The van der Waals surface area contributed by atoms with Crippen molar-refractivity contribution in [1.82, 2.24) is 9.80 Å². The molecular weight excluding hydrogens is 496 g/mol. The van der Waals surface area contributed by atoms with Crippen LogP contribution in [0.25, 0.3) is 0 Å². The van der Waals surface area contributed by atoms with Crippen LogP contribution >= 0.6 is 0 Å². The highest BCUT2D eigenvalue weighted by Crippen LogP contribution is 2.65. The van der Waals surface area contributed by atoms with E-state index in [2.05, 4.69) is 20.1 Å². The molecule has 8 heteroatoms. The Morgan fingerprint density at radius 3 is 2.51 bits per heavy atom. The monoisotopic (exact) mass is 546 g/mol. The number of esters is 1. The van der Waals surface area contributed by atoms with Crippen molar-refractivity contribution in [2.24, 2.45) is 23.7 Å². The molecule has 0 saturated carbocycles. The lowest BCUT2D eigenvalue weighted by atomic mass is 9.62. The maximum absolute atomic E-state index is 14.5. The number of aliphatic hydroxyl groups excluding tert-OH is 1. The second kappa shape index (κ2) is 12.5. The quantitative estimate of drug-likeness (QED) is 0.189. The number of aliphatic hydroxyl groups is 1. The Kier molecular flexibility index (Phi) is 10.1. The molecule has 1 spiro atoms. The summed E-state index contributed by atoms with van der Waals surface area (Å²) in [5, 5.41) is 10.4. The maximum Gasteiger partial charge on any atom is 0.312 e. The predicted octanol–water partition coefficient (Wildman–Crippen LogP) is 4.12. The summed E-state index contributed by atoms with van der Waals surface area (Å²) < 4.78 is 12.5. The van der Waals surface area contributed by atoms with Crippen molar-refractivity contribution >= 4 is 17.8 Å². The molecule has 3 saturated heterocycles. The second-order valence-corrected chi connectivity index (χ2v) is 12.3. The minimum Gasteiger partial charge on any atom is -0.465 e. The van der Waals surface area contributed by atoms with Gasteiger partial charge in [0.25, 0.3) is 0 Å². The van der Waals surface area contributed by atoms with Gasteiger partial charge < -0.3 is 24.4 Å². The molecule has 0 radical (unpaired) electrons. The lowest BCUT2D eigenvalue weighted by Gasteiger charge is -2.42. The maximum atomic E-state index is 14.5. The standard InChI is InChI=1S/C31H50N2O6/c1-9-12-13-14-17-38-29(37)25-24-27(35)33(23(19-34)20(4)5)26(31(24)18-21(6)30(25,8)39-31)28(36)32(16-11-3)22(7)15-10-2/h9,11,20-26,34H,1,3,10,12-19H2,2,4-8H3/t21?,22?,23-,24-,25-,26?,30+,31?/m0/s1. The molecule has 4 unspecified atom stereocenters. The van der Waals surface area contributed by atoms with E-state index in [0.717, 1.165) is 25.7 Å². The van der Waals surface area contributed by atoms with E-state index in [-0.39, 0.29) is 42.9 Å². The summed E-state index contributed by atoms with van der Waals surface area (Å²) in [6.45, 7) is 19.8. The number of hydrogen-bond donors (Lipinski definition) is 1. The molecule has 3 fully saturated rings. The zero-order valence-electron chi connectivity index (χ0n) is 24.9. The van der Waals surface area contributed by atoms with Crippen LogP contribution in [0.4, 0.5) is 0 Å². The van der Waals surface area contributed by atoms with E-state index in [0.29, 0.717) is 19.4 Å². The first-order valence-corrected chi connectivity index (χ1v) is 14.8. The number of nitrogens with zero attached hydrogens (tertiary/aromatic N) is 2. The van der Waals surface area contributed by atoms with Crippen molar-refractivity contribution in [3.05, 3.63) is 25.3 Å². The second-order valence-electron chi connectivity index (χ2n) is 12.3. The molecule has 0 aliphatic carbocycles. The minimum absolute atomic E-state index is 0.0670. The SMILES string of the molecule is C=CCCCCOC(=O)[C@@H]1[C@H]2C(=O)N([C@@H](CO)C(C)C)C(C(=O)N(CC=C)C(C)CCC)C23CC(C)[C@@]1(C)O3. The molecule has 1 N–H and O–H groups in total. The lowest BCUT2D eigenvalue weighted by molar-refractivity contribution is -0.164. The highest BCUT2D eigenvalue weighted by molar-refractivity contribution is 5.99. The van der Waals surface area contributed by atoms with Crippen LogP contribution < -0.4 is 0 Å². The number of rotatable bonds is 15. The fourth-order valence-electron chi connectivity index (χ4n) is 7.30. The van der Waals surface area contributed by atoms with Crippen LogP contribution in [0.2, 0.25) is 0 Å². The van der Waals surface area contributed by atoms with E-state index in [1.54, 1.807) is 15.9 Å². The largest absolute Gasteiger partial charge is 0.465 e. The summed E-state index contributed by atoms with van der Waals surface area (Å²) in [7, 11) is 0. The van der Waals surface area contributed by atoms with Gasteiger partial charge in [-0.1, -0.05) is 46.3 Å². The van der Waals surface area contributed by atoms with Crippen molar-refractivity contribution < 1.29 is 29.0 Å². The molecule has 0 aromatic carbocycles. The number of fused-ring (bicyclic) bond motifs is 1. The summed E-state index contributed by atoms with van der Waals surface area (Å²) in [5.41, 5.74) is -2.09. The van der Waals surface area contributed by atoms with E-state index in [4.69, 9.17) is 9.47 Å². The summed E-state index contributed by atoms with van der Waals surface area (Å²) in [5.74, 6) is -2.78. The highest BCUT2D eigenvalue weighted by Gasteiger charge is 2.81. The van der Waals surface area contributed by atoms with E-state index >= 15 is 0 Å². The van der Waals surface area contributed by atoms with Crippen LogP contribution in [0.1, 0.15) is 80.1 Å². The molecule has 39 heavy (non-hydrogen) atoms. The average Bonchev–Trinajstić information content (AvgIpc) is 3.39. The van der Waals surface area contributed by atoms with Crippen molar-refractivity contribution in [1.29, 1.82) is 0 Å². The van der Waals surface area contributed by atoms with Crippen LogP contribution in [0.5, 0.6) is 0 Å². The highest BCUT2D eigenvalue weighted by atomic mass is 16.6. The Morgan fingerprint density at radius 1 is 1.26 bits per heavy atom. The molecule has 8 nitrogen and oxygen atoms in total. The lowest BCUT2D eigenvalue weighted by Crippen LogP contribution is -2.60. The third-order valence-corrected chi connectivity index (χ3v) is 9.45. The van der Waals surface area contributed by atoms with Crippen LogP contribution in [-0.2, 0) is 23.9 Å². The molecule has 3 heterocycles. The first-order chi connectivity index (χ1) is 18.5. The zero-order chi connectivity index (χ0) is 29.1. The molecule has 8 atom stereocenters. The van der Waals surface area contributed by atoms with Crippen LogP contribution in [0.3, 0.4) is 0 Å². The Hall–Kier alpha value is -2.19. The molecule has 3 rings (SSSR count). The van der Waals surface area contributed by atoms with Gasteiger partial charge in [0, 0.05) is 12.6 Å². The predicted molar refractivity (Wildman–Crippen MR) is 151 cm³/mol. The van der Waals surface area contributed by atoms with Gasteiger partial charge in [-0.3, -0.25) is 14.4 Å². The Morgan fingerprint density at radius 2 is 1.95 bits per heavy atom. The third-order valence-electron chi connectivity index (χ3n) is 9.45. The molecule has 0 aromatic heterocycles. The van der Waals surface area contributed by atoms with Gasteiger partial charge in [0.05, 0.1) is 30.8 Å². The number of amides is 2. The Labute approximate surface area is 234 Å². The number of unbranched alkanes of at least 4 members (excludes halogenated alkanes) is 2. The Bertz CT molecular complexity index is 936. The van der Waals surface area contributed by atoms with Gasteiger partial charge in [0.2, 0.25) is 11.8 Å². The van der Waals surface area contributed by atoms with Crippen molar-refractivity contribution in [3.8, 4) is 0 Å². The molecular formula is C31H50N2O6. The molecule has 0 aromatic rings. The van der Waals surface area contributed by atoms with Crippen LogP contribution in [0, 0.1) is 23.7 Å². The fraction of sp³-hybridized carbons (Fsp3) is 0.774. The van der Waals surface area contributed by atoms with Gasteiger partial charge >= 0.3 is 5.97 Å². The molecule has 3 aliphatic rings. The summed E-state index contributed by atoms with van der Waals surface area (Å²) in [6, 6.07) is -1.59. The number of ether oxygens (including phenoxy) is 2. The summed E-state index contributed by atoms with van der Waals surface area (Å²) in [6.07, 6.45) is 8.15. The number of likely N-dealkylation sites (tertiary alicyclic amines) is 1. The third kappa shape index (κ3) is 5.31. The van der Waals surface area contributed by atoms with Gasteiger partial charge in [-0.25, -0.2) is 0 Å². The van der Waals surface area contributed by atoms with Gasteiger partial charge in [0.1, 0.15) is 17.6 Å². The van der Waals surface area contributed by atoms with E-state index in [9.17, 15) is 19.5 Å². The normalized spacial score (nSPS) is 32.7. The van der Waals surface area contributed by atoms with Gasteiger partial charge in [0.15, 0.2) is 0 Å². The molecule has 2 bridgehead atoms. The molecule has 220 valence electrons. The van der Waals surface area contributed by atoms with Gasteiger partial charge in [-0.2, -0.15) is 0 Å². The van der Waals surface area contributed by atoms with Crippen molar-refractivity contribution in [2.45, 2.75) is 109 Å². The van der Waals surface area contributed by atoms with Crippen molar-refractivity contribution in [3.63, 3.8) is 0 Å². The number of allylic oxidation sites excluding steroid dienone is 1. The average molecular weight is 547 g/mol. The first-order valence-electron chi connectivity index (χ1n) is 14.8. The zero-order valence-corrected chi connectivity index (χ0v) is 24.9. The van der Waals surface area contributed by atoms with Crippen LogP contribution in [-0.4, -0.2) is 81.8 Å². The van der Waals surface area contributed by atoms with Gasteiger partial charge in [-0.05, 0) is 57.8 Å². The fourth-order valence-corrected chi connectivity index (χ4v) is 7.30. The topological polar surface area (TPSA) is 96.4 Å². The minimum atomic E-state index is -1.16. The smallest absolute Gasteiger partial charge is 0.312 e. The van der Waals surface area contributed by atoms with E-state index < -0.39 is 41.1 Å². The number of carbonyl (C=O) groups excluding carboxylic acids is 3. The Balaban J connectivity index is 2.08. The molecule has 2 amide bonds. The van der Waals surface area contributed by atoms with Gasteiger partial charge in [-0.15, -0.1) is 13.2 Å².